The Bertz CT molecular complexity index is 1690. The van der Waals surface area contributed by atoms with E-state index in [1.165, 1.54) is 25.0 Å². The third kappa shape index (κ3) is 3.71. The third-order valence-corrected chi connectivity index (χ3v) is 12.0. The number of phenols is 1. The lowest BCUT2D eigenvalue weighted by Gasteiger charge is -2.59. The van der Waals surface area contributed by atoms with Gasteiger partial charge >= 0.3 is 0 Å². The van der Waals surface area contributed by atoms with E-state index in [0.717, 1.165) is 92.1 Å². The van der Waals surface area contributed by atoms with E-state index >= 15 is 0 Å². The molecule has 224 valence electrons. The number of carbonyl (C=O) groups excluding carboxylic acids is 1. The average Bonchev–Trinajstić information content (AvgIpc) is 3.58. The number of nitrogens with one attached hydrogen (secondary N) is 1. The predicted octanol–water partition coefficient (Wildman–Crippen LogP) is 6.33. The Morgan fingerprint density at radius 1 is 1.00 bits per heavy atom. The summed E-state index contributed by atoms with van der Waals surface area (Å²) in [6, 6.07) is 7.89. The van der Waals surface area contributed by atoms with Gasteiger partial charge in [-0.1, -0.05) is 18.2 Å². The molecule has 6 aliphatic rings. The van der Waals surface area contributed by atoms with Gasteiger partial charge in [-0.2, -0.15) is 0 Å². The van der Waals surface area contributed by atoms with Crippen molar-refractivity contribution >= 4 is 33.2 Å². The van der Waals surface area contributed by atoms with E-state index in [1.54, 1.807) is 6.07 Å². The van der Waals surface area contributed by atoms with Crippen molar-refractivity contribution in [3.05, 3.63) is 54.4 Å². The molecule has 0 saturated carbocycles. The maximum atomic E-state index is 12.9. The van der Waals surface area contributed by atoms with Gasteiger partial charge in [-0.25, -0.2) is 0 Å². The first-order valence-corrected chi connectivity index (χ1v) is 16.7. The Morgan fingerprint density at radius 2 is 1.93 bits per heavy atom. The number of carbonyl (C=O) groups is 1. The van der Waals surface area contributed by atoms with Crippen molar-refractivity contribution in [3.8, 4) is 5.75 Å². The Hall–Kier alpha value is -3.00. The quantitative estimate of drug-likeness (QED) is 0.329. The summed E-state index contributed by atoms with van der Waals surface area (Å²) in [5.74, 6) is 1.12. The van der Waals surface area contributed by atoms with Crippen molar-refractivity contribution in [2.24, 2.45) is 11.3 Å². The Balaban J connectivity index is 1.29. The van der Waals surface area contributed by atoms with Crippen LogP contribution >= 0.6 is 0 Å². The monoisotopic (exact) mass is 578 g/mol. The molecule has 2 N–H and O–H groups in total. The van der Waals surface area contributed by atoms with Crippen LogP contribution in [0.25, 0.3) is 27.4 Å². The SMILES string of the molecule is O=C1CCCN2[C@@H]3[C@]45CN6CCCC/C=C\CC[C@]3(O[C@]2(CC1)C4)C(c1nccc2c1[nH]c1ccc(O)cc12)=C[C@H]5CC6. The number of phenolic OH excluding ortho intramolecular Hbond substituents is 1. The first kappa shape index (κ1) is 26.4. The lowest BCUT2D eigenvalue weighted by Crippen LogP contribution is -2.65. The van der Waals surface area contributed by atoms with E-state index in [0.29, 0.717) is 24.5 Å². The summed E-state index contributed by atoms with van der Waals surface area (Å²) in [4.78, 5) is 27.2. The minimum Gasteiger partial charge on any atom is -0.508 e. The van der Waals surface area contributed by atoms with Gasteiger partial charge in [0.25, 0.3) is 0 Å². The van der Waals surface area contributed by atoms with Gasteiger partial charge in [0, 0.05) is 59.4 Å². The second kappa shape index (κ2) is 9.50. The number of Topliss-reactive ketones (excluding diaryl/α,β-unsaturated/α-hetero) is 1. The Morgan fingerprint density at radius 3 is 2.88 bits per heavy atom. The zero-order chi connectivity index (χ0) is 28.8. The van der Waals surface area contributed by atoms with Crippen molar-refractivity contribution in [2.45, 2.75) is 88.0 Å². The summed E-state index contributed by atoms with van der Waals surface area (Å²) in [6.45, 7) is 4.37. The smallest absolute Gasteiger partial charge is 0.133 e. The molecule has 0 radical (unpaired) electrons. The first-order valence-electron chi connectivity index (χ1n) is 16.7. The van der Waals surface area contributed by atoms with Crippen LogP contribution in [0.3, 0.4) is 0 Å². The van der Waals surface area contributed by atoms with Crippen LogP contribution in [0.4, 0.5) is 0 Å². The van der Waals surface area contributed by atoms with Gasteiger partial charge in [0.05, 0.1) is 17.3 Å². The minimum absolute atomic E-state index is 0.116. The van der Waals surface area contributed by atoms with E-state index in [2.05, 4.69) is 39.1 Å². The lowest BCUT2D eigenvalue weighted by atomic mass is 9.53. The van der Waals surface area contributed by atoms with Crippen molar-refractivity contribution in [1.82, 2.24) is 19.8 Å². The summed E-state index contributed by atoms with van der Waals surface area (Å²) in [6.07, 6.45) is 20.0. The number of rotatable bonds is 1. The number of aromatic amines is 1. The highest BCUT2D eigenvalue weighted by Crippen LogP contribution is 2.71. The van der Waals surface area contributed by atoms with Gasteiger partial charge < -0.3 is 19.7 Å². The van der Waals surface area contributed by atoms with Gasteiger partial charge in [0.1, 0.15) is 22.9 Å². The van der Waals surface area contributed by atoms with Crippen molar-refractivity contribution in [3.63, 3.8) is 0 Å². The van der Waals surface area contributed by atoms with Crippen molar-refractivity contribution < 1.29 is 14.6 Å². The molecular formula is C36H42N4O3. The van der Waals surface area contributed by atoms with Crippen LogP contribution < -0.4 is 0 Å². The number of hydrogen-bond acceptors (Lipinski definition) is 6. The highest BCUT2D eigenvalue weighted by Gasteiger charge is 2.77. The molecule has 7 nitrogen and oxygen atoms in total. The van der Waals surface area contributed by atoms with Crippen LogP contribution in [-0.2, 0) is 9.53 Å². The number of hydrogen-bond donors (Lipinski definition) is 2. The van der Waals surface area contributed by atoms with Gasteiger partial charge in [0.2, 0.25) is 0 Å². The van der Waals surface area contributed by atoms with Crippen LogP contribution in [0.15, 0.2) is 48.7 Å². The Labute approximate surface area is 253 Å². The van der Waals surface area contributed by atoms with Crippen LogP contribution in [0.1, 0.15) is 76.3 Å². The average molecular weight is 579 g/mol. The number of H-pyrrole nitrogens is 1. The fourth-order valence-corrected chi connectivity index (χ4v) is 10.4. The highest BCUT2D eigenvalue weighted by atomic mass is 16.6. The van der Waals surface area contributed by atoms with Gasteiger partial charge in [-0.15, -0.1) is 0 Å². The summed E-state index contributed by atoms with van der Waals surface area (Å²) < 4.78 is 7.67. The molecule has 2 aromatic heterocycles. The van der Waals surface area contributed by atoms with Gasteiger partial charge in [0.15, 0.2) is 0 Å². The summed E-state index contributed by atoms with van der Waals surface area (Å²) in [7, 11) is 0. The van der Waals surface area contributed by atoms with E-state index in [1.807, 2.05) is 18.3 Å². The lowest BCUT2D eigenvalue weighted by molar-refractivity contribution is -0.178. The molecule has 4 saturated heterocycles. The second-order valence-corrected chi connectivity index (χ2v) is 14.3. The molecule has 4 fully saturated rings. The molecular weight excluding hydrogens is 536 g/mol. The molecule has 1 aliphatic carbocycles. The molecule has 1 aromatic carbocycles. The zero-order valence-electron chi connectivity index (χ0n) is 25.0. The number of aromatic hydroxyl groups is 1. The zero-order valence-corrected chi connectivity index (χ0v) is 25.0. The summed E-state index contributed by atoms with van der Waals surface area (Å²) in [5, 5.41) is 12.4. The van der Waals surface area contributed by atoms with Gasteiger partial charge in [-0.3, -0.25) is 14.7 Å². The maximum Gasteiger partial charge on any atom is 0.133 e. The maximum absolute atomic E-state index is 12.9. The number of pyridine rings is 1. The van der Waals surface area contributed by atoms with Crippen LogP contribution in [0.5, 0.6) is 5.75 Å². The highest BCUT2D eigenvalue weighted by molar-refractivity contribution is 6.10. The van der Waals surface area contributed by atoms with Crippen molar-refractivity contribution in [2.75, 3.05) is 26.2 Å². The van der Waals surface area contributed by atoms with Crippen LogP contribution in [-0.4, -0.2) is 74.2 Å². The predicted molar refractivity (Wildman–Crippen MR) is 168 cm³/mol. The number of piperidine rings is 1. The molecule has 7 heterocycles. The number of aromatic nitrogens is 2. The normalized spacial score (nSPS) is 38.6. The molecule has 3 aromatic rings. The molecule has 9 rings (SSSR count). The first-order chi connectivity index (χ1) is 21.0. The number of nitrogens with zero attached hydrogens (tertiary/aromatic N) is 3. The number of ketones is 1. The molecule has 6 atom stereocenters. The molecule has 43 heavy (non-hydrogen) atoms. The summed E-state index contributed by atoms with van der Waals surface area (Å²) in [5.41, 5.74) is 3.49. The van der Waals surface area contributed by atoms with Gasteiger partial charge in [-0.05, 0) is 101 Å². The second-order valence-electron chi connectivity index (χ2n) is 14.3. The largest absolute Gasteiger partial charge is 0.508 e. The molecule has 7 heteroatoms. The molecule has 1 unspecified atom stereocenters. The van der Waals surface area contributed by atoms with Crippen LogP contribution in [0.2, 0.25) is 0 Å². The minimum atomic E-state index is -0.496. The summed E-state index contributed by atoms with van der Waals surface area (Å²) >= 11 is 0. The fourth-order valence-electron chi connectivity index (χ4n) is 10.4. The van der Waals surface area contributed by atoms with E-state index < -0.39 is 11.3 Å². The number of fused-ring (bicyclic) bond motifs is 4. The number of allylic oxidation sites excluding steroid dienone is 3. The third-order valence-electron chi connectivity index (χ3n) is 12.0. The van der Waals surface area contributed by atoms with Crippen molar-refractivity contribution in [1.29, 1.82) is 0 Å². The number of benzene rings is 1. The standard InChI is InChI=1S/C36H42N4O3/c41-25-8-7-18-40-33-34-22-35(40,15-11-25)43-36(33)14-5-3-1-2-4-6-17-39(23-34)19-13-24(34)20-29(36)32-31-27(12-16-37-32)28-21-26(42)9-10-30(28)38-31/h1,3,9-10,12,16,20-21,24,33,38,42H,2,4-8,11,13-15,17-19,22-23H2/b3-1-/t24-,33-,34+,35-,36+/m1/s1. The van der Waals surface area contributed by atoms with E-state index in [4.69, 9.17) is 9.72 Å². The Kier molecular flexibility index (Phi) is 5.83. The molecule has 1 spiro atoms. The molecule has 5 aliphatic heterocycles. The van der Waals surface area contributed by atoms with Crippen LogP contribution in [0, 0.1) is 11.3 Å². The fraction of sp³-hybridized carbons (Fsp3) is 0.556. The number of ether oxygens (including phenoxy) is 1. The van der Waals surface area contributed by atoms with E-state index in [-0.39, 0.29) is 17.2 Å². The topological polar surface area (TPSA) is 81.7 Å². The molecule has 5 bridgehead atoms. The van der Waals surface area contributed by atoms with E-state index in [9.17, 15) is 9.90 Å². The molecule has 0 amide bonds.